The van der Waals surface area contributed by atoms with E-state index in [1.807, 2.05) is 11.8 Å². The van der Waals surface area contributed by atoms with Gasteiger partial charge in [-0.1, -0.05) is 81.3 Å². The summed E-state index contributed by atoms with van der Waals surface area (Å²) in [6.07, 6.45) is 18.9. The summed E-state index contributed by atoms with van der Waals surface area (Å²) in [5, 5.41) is 3.80. The molecule has 1 aliphatic heterocycles. The highest BCUT2D eigenvalue weighted by Crippen LogP contribution is 2.49. The summed E-state index contributed by atoms with van der Waals surface area (Å²) < 4.78 is 0. The van der Waals surface area contributed by atoms with Crippen LogP contribution in [0.25, 0.3) is 0 Å². The second-order valence-electron chi connectivity index (χ2n) is 9.79. The van der Waals surface area contributed by atoms with Gasteiger partial charge in [0.05, 0.1) is 0 Å². The fourth-order valence-corrected chi connectivity index (χ4v) is 5.74. The zero-order chi connectivity index (χ0) is 19.2. The Balaban J connectivity index is 1.60. The third kappa shape index (κ3) is 3.66. The van der Waals surface area contributed by atoms with Crippen molar-refractivity contribution in [3.05, 3.63) is 68.3 Å². The van der Waals surface area contributed by atoms with Gasteiger partial charge in [0, 0.05) is 26.6 Å². The first kappa shape index (κ1) is 18.9. The Hall–Kier alpha value is -1.41. The monoisotopic (exact) mass is 379 g/mol. The molecule has 27 heavy (non-hydrogen) atoms. The van der Waals surface area contributed by atoms with E-state index in [4.69, 9.17) is 0 Å². The molecule has 1 heterocycles. The molecule has 0 aromatic carbocycles. The minimum Gasteiger partial charge on any atom is -0.360 e. The maximum atomic E-state index is 3.80. The van der Waals surface area contributed by atoms with Crippen LogP contribution in [0.15, 0.2) is 68.3 Å². The Kier molecular flexibility index (Phi) is 4.83. The zero-order valence-electron chi connectivity index (χ0n) is 17.5. The molecule has 0 saturated carbocycles. The van der Waals surface area contributed by atoms with E-state index in [1.165, 1.54) is 46.9 Å². The van der Waals surface area contributed by atoms with E-state index in [9.17, 15) is 0 Å². The van der Waals surface area contributed by atoms with Gasteiger partial charge in [-0.05, 0) is 56.1 Å². The molecule has 1 N–H and O–H groups in total. The van der Waals surface area contributed by atoms with Crippen molar-refractivity contribution in [2.75, 3.05) is 0 Å². The molecule has 4 rings (SSSR count). The lowest BCUT2D eigenvalue weighted by Crippen LogP contribution is -2.26. The van der Waals surface area contributed by atoms with Crippen LogP contribution in [0.4, 0.5) is 0 Å². The van der Waals surface area contributed by atoms with Crippen LogP contribution < -0.4 is 5.32 Å². The SMILES string of the molecule is CC(C)(C)C1=CC2=C(CC1)NC1=C(C=C(C(C)(C)C3=CC=CCC3)CC1)S2. The van der Waals surface area contributed by atoms with Gasteiger partial charge in [0.25, 0.3) is 0 Å². The smallest absolute Gasteiger partial charge is 0.0315 e. The standard InChI is InChI=1S/C25H33NS/c1-24(2,3)18-11-13-20-22(15-18)27-23-16-19(12-14-21(23)26-20)25(4,5)17-9-7-6-8-10-17/h6-7,9,15-16,26H,8,10-14H2,1-5H3. The van der Waals surface area contributed by atoms with Gasteiger partial charge in [-0.3, -0.25) is 0 Å². The van der Waals surface area contributed by atoms with Crippen molar-refractivity contribution in [2.24, 2.45) is 10.8 Å². The molecule has 0 atom stereocenters. The molecule has 144 valence electrons. The lowest BCUT2D eigenvalue weighted by atomic mass is 9.71. The van der Waals surface area contributed by atoms with E-state index >= 15 is 0 Å². The lowest BCUT2D eigenvalue weighted by Gasteiger charge is -2.37. The Morgan fingerprint density at radius 1 is 0.778 bits per heavy atom. The summed E-state index contributed by atoms with van der Waals surface area (Å²) in [7, 11) is 0. The fourth-order valence-electron chi connectivity index (χ4n) is 4.55. The minimum absolute atomic E-state index is 0.164. The van der Waals surface area contributed by atoms with E-state index in [1.54, 1.807) is 16.7 Å². The topological polar surface area (TPSA) is 12.0 Å². The van der Waals surface area contributed by atoms with Crippen LogP contribution in [0.2, 0.25) is 0 Å². The fraction of sp³-hybridized carbons (Fsp3) is 0.520. The molecule has 0 fully saturated rings. The quantitative estimate of drug-likeness (QED) is 0.532. The van der Waals surface area contributed by atoms with Crippen LogP contribution in [0.5, 0.6) is 0 Å². The summed E-state index contributed by atoms with van der Waals surface area (Å²) in [5.41, 5.74) is 8.09. The van der Waals surface area contributed by atoms with E-state index in [0.29, 0.717) is 0 Å². The first-order chi connectivity index (χ1) is 12.7. The predicted molar refractivity (Wildman–Crippen MR) is 119 cm³/mol. The maximum absolute atomic E-state index is 3.80. The molecule has 0 radical (unpaired) electrons. The molecular formula is C25H33NS. The number of nitrogens with one attached hydrogen (secondary N) is 1. The Morgan fingerprint density at radius 2 is 1.41 bits per heavy atom. The number of hydrogen-bond acceptors (Lipinski definition) is 2. The summed E-state index contributed by atoms with van der Waals surface area (Å²) in [6.45, 7) is 11.8. The van der Waals surface area contributed by atoms with Gasteiger partial charge in [-0.25, -0.2) is 0 Å². The molecule has 0 spiro atoms. The number of rotatable bonds is 2. The van der Waals surface area contributed by atoms with Crippen molar-refractivity contribution < 1.29 is 0 Å². The average Bonchev–Trinajstić information content (AvgIpc) is 2.65. The second-order valence-corrected chi connectivity index (χ2v) is 10.9. The van der Waals surface area contributed by atoms with Gasteiger partial charge in [-0.2, -0.15) is 0 Å². The zero-order valence-corrected chi connectivity index (χ0v) is 18.4. The largest absolute Gasteiger partial charge is 0.360 e. The molecule has 1 nitrogen and oxygen atoms in total. The summed E-state index contributed by atoms with van der Waals surface area (Å²) in [5.74, 6) is 0. The third-order valence-electron chi connectivity index (χ3n) is 6.60. The van der Waals surface area contributed by atoms with Gasteiger partial charge in [0.2, 0.25) is 0 Å². The van der Waals surface area contributed by atoms with Crippen LogP contribution in [0.3, 0.4) is 0 Å². The van der Waals surface area contributed by atoms with Gasteiger partial charge in [0.1, 0.15) is 0 Å². The molecule has 4 aliphatic rings. The van der Waals surface area contributed by atoms with Crippen molar-refractivity contribution in [1.29, 1.82) is 0 Å². The summed E-state index contributed by atoms with van der Waals surface area (Å²) in [4.78, 5) is 2.89. The third-order valence-corrected chi connectivity index (χ3v) is 7.77. The van der Waals surface area contributed by atoms with Gasteiger partial charge in [0.15, 0.2) is 0 Å². The van der Waals surface area contributed by atoms with Gasteiger partial charge >= 0.3 is 0 Å². The number of thioether (sulfide) groups is 1. The van der Waals surface area contributed by atoms with Crippen molar-refractivity contribution >= 4 is 11.8 Å². The molecule has 0 aromatic heterocycles. The Labute approximate surface area is 169 Å². The normalized spacial score (nSPS) is 23.2. The van der Waals surface area contributed by atoms with Crippen molar-refractivity contribution in [3.8, 4) is 0 Å². The van der Waals surface area contributed by atoms with E-state index in [0.717, 1.165) is 12.8 Å². The predicted octanol–water partition coefficient (Wildman–Crippen LogP) is 7.54. The van der Waals surface area contributed by atoms with E-state index in [2.05, 4.69) is 70.3 Å². The number of allylic oxidation sites excluding steroid dienone is 10. The van der Waals surface area contributed by atoms with Gasteiger partial charge in [-0.15, -0.1) is 0 Å². The summed E-state index contributed by atoms with van der Waals surface area (Å²) in [6, 6.07) is 0. The van der Waals surface area contributed by atoms with Crippen LogP contribution in [-0.4, -0.2) is 0 Å². The average molecular weight is 380 g/mol. The molecule has 2 heteroatoms. The second kappa shape index (κ2) is 6.88. The first-order valence-electron chi connectivity index (χ1n) is 10.4. The molecule has 0 unspecified atom stereocenters. The van der Waals surface area contributed by atoms with Crippen molar-refractivity contribution in [1.82, 2.24) is 5.32 Å². The van der Waals surface area contributed by atoms with Crippen molar-refractivity contribution in [2.45, 2.75) is 73.1 Å². The first-order valence-corrected chi connectivity index (χ1v) is 11.3. The molecule has 3 aliphatic carbocycles. The molecule has 0 saturated heterocycles. The maximum Gasteiger partial charge on any atom is 0.0315 e. The van der Waals surface area contributed by atoms with E-state index < -0.39 is 0 Å². The molecule has 0 amide bonds. The lowest BCUT2D eigenvalue weighted by molar-refractivity contribution is 0.475. The van der Waals surface area contributed by atoms with Crippen LogP contribution in [-0.2, 0) is 0 Å². The highest BCUT2D eigenvalue weighted by atomic mass is 32.2. The molecule has 0 aromatic rings. The highest BCUT2D eigenvalue weighted by Gasteiger charge is 2.33. The Morgan fingerprint density at radius 3 is 2.00 bits per heavy atom. The minimum atomic E-state index is 0.164. The number of hydrogen-bond donors (Lipinski definition) is 1. The van der Waals surface area contributed by atoms with Gasteiger partial charge < -0.3 is 5.32 Å². The summed E-state index contributed by atoms with van der Waals surface area (Å²) >= 11 is 2.00. The van der Waals surface area contributed by atoms with Crippen LogP contribution >= 0.6 is 11.8 Å². The van der Waals surface area contributed by atoms with Crippen LogP contribution in [0, 0.1) is 10.8 Å². The highest BCUT2D eigenvalue weighted by molar-refractivity contribution is 8.07. The van der Waals surface area contributed by atoms with Crippen molar-refractivity contribution in [3.63, 3.8) is 0 Å². The van der Waals surface area contributed by atoms with Crippen LogP contribution in [0.1, 0.15) is 73.1 Å². The molecular weight excluding hydrogens is 346 g/mol. The molecule has 0 bridgehead atoms. The van der Waals surface area contributed by atoms with E-state index in [-0.39, 0.29) is 10.8 Å². The Bertz CT molecular complexity index is 834.